The second-order valence-corrected chi connectivity index (χ2v) is 5.90. The van der Waals surface area contributed by atoms with Crippen LogP contribution in [0.3, 0.4) is 0 Å². The maximum atomic E-state index is 7.81. The molecule has 2 aliphatic rings. The summed E-state index contributed by atoms with van der Waals surface area (Å²) in [5, 5.41) is 7.81. The number of nitrogens with zero attached hydrogens (tertiary/aromatic N) is 2. The van der Waals surface area contributed by atoms with Gasteiger partial charge in [-0.25, -0.2) is 4.98 Å². The van der Waals surface area contributed by atoms with Crippen LogP contribution in [0.5, 0.6) is 0 Å². The van der Waals surface area contributed by atoms with E-state index < -0.39 is 0 Å². The van der Waals surface area contributed by atoms with Gasteiger partial charge < -0.3 is 10.6 Å². The third-order valence-corrected chi connectivity index (χ3v) is 4.40. The van der Waals surface area contributed by atoms with Crippen molar-refractivity contribution < 1.29 is 0 Å². The zero-order chi connectivity index (χ0) is 13.4. The molecule has 1 aliphatic carbocycles. The van der Waals surface area contributed by atoms with Crippen LogP contribution in [0.4, 0.5) is 5.82 Å². The maximum Gasteiger partial charge on any atom is 0.139 e. The summed E-state index contributed by atoms with van der Waals surface area (Å²) in [6.07, 6.45) is 5.75. The van der Waals surface area contributed by atoms with Gasteiger partial charge in [0, 0.05) is 18.8 Å². The Morgan fingerprint density at radius 1 is 1.37 bits per heavy atom. The van der Waals surface area contributed by atoms with Crippen LogP contribution in [0, 0.1) is 11.3 Å². The molecule has 1 aromatic rings. The quantitative estimate of drug-likeness (QED) is 0.630. The van der Waals surface area contributed by atoms with Crippen molar-refractivity contribution in [2.75, 3.05) is 18.0 Å². The normalized spacial score (nSPS) is 19.5. The summed E-state index contributed by atoms with van der Waals surface area (Å²) < 4.78 is 0. The number of aryl methyl sites for hydroxylation is 2. The molecule has 1 aromatic heterocycles. The standard InChI is InChI=1S/C15H22N4/c1-10-5-7-19(8-6-10)15-12(14(16)17)9-11-3-2-4-13(11)18-15/h9-10H,2-8H2,1H3,(H3,16,17). The predicted molar refractivity (Wildman–Crippen MR) is 77.9 cm³/mol. The Morgan fingerprint density at radius 2 is 2.11 bits per heavy atom. The minimum atomic E-state index is 0.149. The molecule has 0 spiro atoms. The lowest BCUT2D eigenvalue weighted by Gasteiger charge is -2.32. The van der Waals surface area contributed by atoms with Gasteiger partial charge in [-0.05, 0) is 49.7 Å². The molecule has 0 radical (unpaired) electrons. The van der Waals surface area contributed by atoms with Crippen molar-refractivity contribution in [3.05, 3.63) is 22.9 Å². The average molecular weight is 258 g/mol. The van der Waals surface area contributed by atoms with E-state index in [1.54, 1.807) is 0 Å². The summed E-state index contributed by atoms with van der Waals surface area (Å²) in [6.45, 7) is 4.37. The highest BCUT2D eigenvalue weighted by molar-refractivity contribution is 6.00. The van der Waals surface area contributed by atoms with E-state index in [0.29, 0.717) is 0 Å². The van der Waals surface area contributed by atoms with Crippen molar-refractivity contribution in [3.63, 3.8) is 0 Å². The number of amidine groups is 1. The first-order valence-corrected chi connectivity index (χ1v) is 7.27. The van der Waals surface area contributed by atoms with Crippen molar-refractivity contribution in [3.8, 4) is 0 Å². The number of aromatic nitrogens is 1. The number of hydrogen-bond donors (Lipinski definition) is 2. The average Bonchev–Trinajstić information content (AvgIpc) is 2.85. The van der Waals surface area contributed by atoms with Gasteiger partial charge in [0.2, 0.25) is 0 Å². The number of nitrogens with two attached hydrogens (primary N) is 1. The summed E-state index contributed by atoms with van der Waals surface area (Å²) in [5.41, 5.74) is 9.10. The van der Waals surface area contributed by atoms with E-state index in [4.69, 9.17) is 16.1 Å². The lowest BCUT2D eigenvalue weighted by atomic mass is 9.98. The first-order chi connectivity index (χ1) is 9.15. The minimum Gasteiger partial charge on any atom is -0.384 e. The van der Waals surface area contributed by atoms with E-state index in [-0.39, 0.29) is 5.84 Å². The number of piperidine rings is 1. The fraction of sp³-hybridized carbons (Fsp3) is 0.600. The van der Waals surface area contributed by atoms with Crippen LogP contribution in [-0.4, -0.2) is 23.9 Å². The van der Waals surface area contributed by atoms with Gasteiger partial charge >= 0.3 is 0 Å². The minimum absolute atomic E-state index is 0.149. The molecule has 0 atom stereocenters. The Hall–Kier alpha value is -1.58. The molecule has 2 heterocycles. The summed E-state index contributed by atoms with van der Waals surface area (Å²) in [4.78, 5) is 7.14. The predicted octanol–water partition coefficient (Wildman–Crippen LogP) is 2.09. The van der Waals surface area contributed by atoms with Crippen molar-refractivity contribution in [2.24, 2.45) is 11.7 Å². The molecule has 0 bridgehead atoms. The fourth-order valence-corrected chi connectivity index (χ4v) is 3.12. The number of nitrogen functional groups attached to an aromatic ring is 1. The Labute approximate surface area is 114 Å². The summed E-state index contributed by atoms with van der Waals surface area (Å²) in [7, 11) is 0. The molecular weight excluding hydrogens is 236 g/mol. The van der Waals surface area contributed by atoms with Gasteiger partial charge in [0.25, 0.3) is 0 Å². The first-order valence-electron chi connectivity index (χ1n) is 7.27. The molecule has 19 heavy (non-hydrogen) atoms. The fourth-order valence-electron chi connectivity index (χ4n) is 3.12. The van der Waals surface area contributed by atoms with E-state index in [0.717, 1.165) is 43.2 Å². The maximum absolute atomic E-state index is 7.81. The van der Waals surface area contributed by atoms with E-state index in [1.807, 2.05) is 0 Å². The van der Waals surface area contributed by atoms with Crippen molar-refractivity contribution in [1.29, 1.82) is 5.41 Å². The summed E-state index contributed by atoms with van der Waals surface area (Å²) >= 11 is 0. The van der Waals surface area contributed by atoms with E-state index in [9.17, 15) is 0 Å². The molecule has 0 unspecified atom stereocenters. The molecule has 3 rings (SSSR count). The highest BCUT2D eigenvalue weighted by Crippen LogP contribution is 2.29. The number of fused-ring (bicyclic) bond motifs is 1. The monoisotopic (exact) mass is 258 g/mol. The van der Waals surface area contributed by atoms with Crippen molar-refractivity contribution in [2.45, 2.75) is 39.0 Å². The van der Waals surface area contributed by atoms with Crippen LogP contribution < -0.4 is 10.6 Å². The van der Waals surface area contributed by atoms with Crippen LogP contribution in [0.15, 0.2) is 6.07 Å². The third kappa shape index (κ3) is 2.31. The van der Waals surface area contributed by atoms with Gasteiger partial charge in [0.15, 0.2) is 0 Å². The first kappa shape index (κ1) is 12.5. The summed E-state index contributed by atoms with van der Waals surface area (Å²) in [5.74, 6) is 1.89. The van der Waals surface area contributed by atoms with E-state index >= 15 is 0 Å². The zero-order valence-corrected chi connectivity index (χ0v) is 11.6. The van der Waals surface area contributed by atoms with Crippen molar-refractivity contribution >= 4 is 11.7 Å². The second kappa shape index (κ2) is 4.83. The molecule has 3 N–H and O–H groups in total. The molecule has 1 aliphatic heterocycles. The molecule has 1 fully saturated rings. The van der Waals surface area contributed by atoms with Crippen LogP contribution in [0.1, 0.15) is 43.0 Å². The van der Waals surface area contributed by atoms with Crippen LogP contribution in [-0.2, 0) is 12.8 Å². The van der Waals surface area contributed by atoms with E-state index in [1.165, 1.54) is 30.5 Å². The zero-order valence-electron chi connectivity index (χ0n) is 11.6. The molecule has 0 aromatic carbocycles. The SMILES string of the molecule is CC1CCN(c2nc3c(cc2C(=N)N)CCC3)CC1. The summed E-state index contributed by atoms with van der Waals surface area (Å²) in [6, 6.07) is 2.10. The molecule has 1 saturated heterocycles. The van der Waals surface area contributed by atoms with Crippen molar-refractivity contribution in [1.82, 2.24) is 4.98 Å². The Kier molecular flexibility index (Phi) is 3.17. The molecule has 102 valence electrons. The van der Waals surface area contributed by atoms with Gasteiger partial charge in [-0.1, -0.05) is 6.92 Å². The lowest BCUT2D eigenvalue weighted by Crippen LogP contribution is -2.35. The van der Waals surface area contributed by atoms with Gasteiger partial charge in [0.05, 0.1) is 5.56 Å². The largest absolute Gasteiger partial charge is 0.384 e. The van der Waals surface area contributed by atoms with E-state index in [2.05, 4.69) is 17.9 Å². The molecule has 4 nitrogen and oxygen atoms in total. The van der Waals surface area contributed by atoms with Gasteiger partial charge in [0.1, 0.15) is 11.7 Å². The smallest absolute Gasteiger partial charge is 0.139 e. The molecule has 0 amide bonds. The number of nitrogens with one attached hydrogen (secondary N) is 1. The highest BCUT2D eigenvalue weighted by Gasteiger charge is 2.23. The van der Waals surface area contributed by atoms with Crippen LogP contribution in [0.25, 0.3) is 0 Å². The number of rotatable bonds is 2. The van der Waals surface area contributed by atoms with Crippen LogP contribution in [0.2, 0.25) is 0 Å². The Morgan fingerprint density at radius 3 is 2.79 bits per heavy atom. The topological polar surface area (TPSA) is 66.0 Å². The lowest BCUT2D eigenvalue weighted by molar-refractivity contribution is 0.436. The number of anilines is 1. The molecule has 0 saturated carbocycles. The third-order valence-electron chi connectivity index (χ3n) is 4.40. The second-order valence-electron chi connectivity index (χ2n) is 5.90. The Balaban J connectivity index is 1.97. The molecular formula is C15H22N4. The highest BCUT2D eigenvalue weighted by atomic mass is 15.2. The number of pyridine rings is 1. The van der Waals surface area contributed by atoms with Gasteiger partial charge in [-0.2, -0.15) is 0 Å². The van der Waals surface area contributed by atoms with Crippen LogP contribution >= 0.6 is 0 Å². The van der Waals surface area contributed by atoms with Gasteiger partial charge in [-0.15, -0.1) is 0 Å². The van der Waals surface area contributed by atoms with Gasteiger partial charge in [-0.3, -0.25) is 5.41 Å². The molecule has 4 heteroatoms. The number of hydrogen-bond acceptors (Lipinski definition) is 3. The Bertz CT molecular complexity index is 501.